The lowest BCUT2D eigenvalue weighted by Crippen LogP contribution is -2.45. The molecule has 1 aromatic rings. The molecule has 3 heteroatoms. The lowest BCUT2D eigenvalue weighted by Gasteiger charge is -2.43. The third-order valence-corrected chi connectivity index (χ3v) is 4.53. The molecule has 0 amide bonds. The Morgan fingerprint density at radius 2 is 1.74 bits per heavy atom. The average Bonchev–Trinajstić information content (AvgIpc) is 2.38. The van der Waals surface area contributed by atoms with Gasteiger partial charge in [-0.3, -0.25) is 9.69 Å². The van der Waals surface area contributed by atoms with Crippen molar-refractivity contribution in [3.8, 4) is 0 Å². The number of carboxylic acids is 1. The van der Waals surface area contributed by atoms with Crippen molar-refractivity contribution in [1.29, 1.82) is 0 Å². The van der Waals surface area contributed by atoms with Gasteiger partial charge in [0.2, 0.25) is 0 Å². The first kappa shape index (κ1) is 12.7. The van der Waals surface area contributed by atoms with Crippen LogP contribution in [0.25, 0.3) is 0 Å². The number of hydrogen-bond donors (Lipinski definition) is 1. The Morgan fingerprint density at radius 3 is 2.32 bits per heavy atom. The molecule has 19 heavy (non-hydrogen) atoms. The number of piperidine rings is 1. The van der Waals surface area contributed by atoms with Gasteiger partial charge in [-0.2, -0.15) is 0 Å². The maximum absolute atomic E-state index is 11.1. The van der Waals surface area contributed by atoms with Gasteiger partial charge in [0.05, 0.1) is 5.92 Å². The Labute approximate surface area is 114 Å². The van der Waals surface area contributed by atoms with Crippen LogP contribution in [0.4, 0.5) is 0 Å². The molecule has 0 spiro atoms. The summed E-state index contributed by atoms with van der Waals surface area (Å²) in [6.07, 6.45) is 2.98. The summed E-state index contributed by atoms with van der Waals surface area (Å²) in [6.45, 7) is 3.13. The van der Waals surface area contributed by atoms with E-state index in [9.17, 15) is 9.90 Å². The van der Waals surface area contributed by atoms with Crippen molar-refractivity contribution in [2.75, 3.05) is 13.1 Å². The molecule has 2 atom stereocenters. The lowest BCUT2D eigenvalue weighted by molar-refractivity contribution is -0.145. The molecule has 1 N–H and O–H groups in total. The van der Waals surface area contributed by atoms with Crippen LogP contribution < -0.4 is 0 Å². The maximum Gasteiger partial charge on any atom is 0.306 e. The van der Waals surface area contributed by atoms with Crippen molar-refractivity contribution >= 4 is 5.97 Å². The highest BCUT2D eigenvalue weighted by Gasteiger charge is 2.37. The first-order valence-corrected chi connectivity index (χ1v) is 7.20. The molecular weight excluding hydrogens is 238 g/mol. The number of nitrogens with zero attached hydrogens (tertiary/aromatic N) is 1. The summed E-state index contributed by atoms with van der Waals surface area (Å²) < 4.78 is 0. The molecule has 1 saturated carbocycles. The predicted molar refractivity (Wildman–Crippen MR) is 73.7 cm³/mol. The molecule has 0 aromatic heterocycles. The van der Waals surface area contributed by atoms with E-state index in [0.29, 0.717) is 11.8 Å². The molecule has 1 heterocycles. The second-order valence-corrected chi connectivity index (χ2v) is 6.15. The number of benzene rings is 1. The smallest absolute Gasteiger partial charge is 0.306 e. The van der Waals surface area contributed by atoms with Crippen LogP contribution in [0.1, 0.15) is 24.8 Å². The van der Waals surface area contributed by atoms with Crippen LogP contribution in [0.15, 0.2) is 30.3 Å². The van der Waals surface area contributed by atoms with Crippen LogP contribution in [0, 0.1) is 17.8 Å². The fraction of sp³-hybridized carbons (Fsp3) is 0.562. The van der Waals surface area contributed by atoms with Gasteiger partial charge in [-0.25, -0.2) is 0 Å². The molecular formula is C16H21NO2. The zero-order valence-corrected chi connectivity index (χ0v) is 11.2. The summed E-state index contributed by atoms with van der Waals surface area (Å²) in [5.41, 5.74) is 1.36. The molecule has 2 unspecified atom stereocenters. The van der Waals surface area contributed by atoms with Crippen LogP contribution >= 0.6 is 0 Å². The van der Waals surface area contributed by atoms with Gasteiger partial charge in [0.1, 0.15) is 0 Å². The number of rotatable bonds is 3. The molecule has 1 saturated heterocycles. The Hall–Kier alpha value is -1.35. The van der Waals surface area contributed by atoms with Crippen molar-refractivity contribution < 1.29 is 9.90 Å². The largest absolute Gasteiger partial charge is 0.481 e. The minimum Gasteiger partial charge on any atom is -0.481 e. The first-order valence-electron chi connectivity index (χ1n) is 7.20. The van der Waals surface area contributed by atoms with Gasteiger partial charge in [0, 0.05) is 19.6 Å². The zero-order chi connectivity index (χ0) is 13.2. The van der Waals surface area contributed by atoms with Crippen LogP contribution in [0.2, 0.25) is 0 Å². The van der Waals surface area contributed by atoms with Gasteiger partial charge in [0.15, 0.2) is 0 Å². The number of hydrogen-bond acceptors (Lipinski definition) is 2. The molecule has 2 aliphatic rings. The first-order chi connectivity index (χ1) is 9.20. The Balaban J connectivity index is 1.62. The van der Waals surface area contributed by atoms with E-state index in [2.05, 4.69) is 29.2 Å². The fourth-order valence-corrected chi connectivity index (χ4v) is 3.84. The molecule has 2 bridgehead atoms. The predicted octanol–water partition coefficient (Wildman–Crippen LogP) is 2.62. The lowest BCUT2D eigenvalue weighted by atomic mass is 9.72. The van der Waals surface area contributed by atoms with Crippen LogP contribution in [-0.4, -0.2) is 29.1 Å². The number of carbonyl (C=O) groups is 1. The maximum atomic E-state index is 11.1. The summed E-state index contributed by atoms with van der Waals surface area (Å²) in [4.78, 5) is 13.7. The van der Waals surface area contributed by atoms with E-state index in [-0.39, 0.29) is 5.92 Å². The highest BCUT2D eigenvalue weighted by molar-refractivity contribution is 5.70. The second-order valence-electron chi connectivity index (χ2n) is 6.15. The molecule has 2 fully saturated rings. The van der Waals surface area contributed by atoms with E-state index < -0.39 is 5.97 Å². The monoisotopic (exact) mass is 259 g/mol. The Bertz CT molecular complexity index is 431. The van der Waals surface area contributed by atoms with E-state index >= 15 is 0 Å². The summed E-state index contributed by atoms with van der Waals surface area (Å²) in [6, 6.07) is 10.6. The minimum absolute atomic E-state index is 0.0948. The molecule has 1 aliphatic heterocycles. The van der Waals surface area contributed by atoms with Crippen molar-refractivity contribution in [2.24, 2.45) is 17.8 Å². The fourth-order valence-electron chi connectivity index (χ4n) is 3.84. The van der Waals surface area contributed by atoms with Crippen molar-refractivity contribution in [3.63, 3.8) is 0 Å². The molecule has 3 rings (SSSR count). The Morgan fingerprint density at radius 1 is 1.11 bits per heavy atom. The molecule has 1 aliphatic carbocycles. The van der Waals surface area contributed by atoms with Crippen LogP contribution in [-0.2, 0) is 11.3 Å². The highest BCUT2D eigenvalue weighted by Crippen LogP contribution is 2.38. The number of aliphatic carboxylic acids is 1. The topological polar surface area (TPSA) is 40.5 Å². The third kappa shape index (κ3) is 2.98. The van der Waals surface area contributed by atoms with E-state index in [1.165, 1.54) is 12.0 Å². The normalized spacial score (nSPS) is 31.1. The van der Waals surface area contributed by atoms with Gasteiger partial charge in [0.25, 0.3) is 0 Å². The minimum atomic E-state index is -0.591. The molecule has 1 aromatic carbocycles. The van der Waals surface area contributed by atoms with Gasteiger partial charge in [-0.15, -0.1) is 0 Å². The van der Waals surface area contributed by atoms with Crippen LogP contribution in [0.5, 0.6) is 0 Å². The summed E-state index contributed by atoms with van der Waals surface area (Å²) in [7, 11) is 0. The van der Waals surface area contributed by atoms with Gasteiger partial charge < -0.3 is 5.11 Å². The summed E-state index contributed by atoms with van der Waals surface area (Å²) in [5.74, 6) is 0.475. The van der Waals surface area contributed by atoms with Crippen molar-refractivity contribution in [1.82, 2.24) is 4.90 Å². The van der Waals surface area contributed by atoms with E-state index in [4.69, 9.17) is 0 Å². The van der Waals surface area contributed by atoms with E-state index in [1.807, 2.05) is 6.07 Å². The number of likely N-dealkylation sites (tertiary alicyclic amines) is 1. The van der Waals surface area contributed by atoms with Crippen molar-refractivity contribution in [3.05, 3.63) is 35.9 Å². The van der Waals surface area contributed by atoms with Crippen LogP contribution in [0.3, 0.4) is 0 Å². The summed E-state index contributed by atoms with van der Waals surface area (Å²) >= 11 is 0. The molecule has 3 nitrogen and oxygen atoms in total. The standard InChI is InChI=1S/C16H21NO2/c18-16(19)15-7-13-6-14(8-15)11-17(10-13)9-12-4-2-1-3-5-12/h1-5,13-15H,6-11H2,(H,18,19). The number of fused-ring (bicyclic) bond motifs is 2. The van der Waals surface area contributed by atoms with Gasteiger partial charge >= 0.3 is 5.97 Å². The second kappa shape index (κ2) is 5.33. The summed E-state index contributed by atoms with van der Waals surface area (Å²) in [5, 5.41) is 9.18. The Kier molecular flexibility index (Phi) is 3.56. The molecule has 0 radical (unpaired) electrons. The molecule has 102 valence electrons. The van der Waals surface area contributed by atoms with Gasteiger partial charge in [-0.1, -0.05) is 30.3 Å². The van der Waals surface area contributed by atoms with E-state index in [1.54, 1.807) is 0 Å². The highest BCUT2D eigenvalue weighted by atomic mass is 16.4. The zero-order valence-electron chi connectivity index (χ0n) is 11.2. The van der Waals surface area contributed by atoms with E-state index in [0.717, 1.165) is 32.5 Å². The SMILES string of the molecule is O=C(O)C1CC2CC(C1)CN(Cc1ccccc1)C2. The van der Waals surface area contributed by atoms with Gasteiger partial charge in [-0.05, 0) is 36.7 Å². The third-order valence-electron chi connectivity index (χ3n) is 4.53. The number of carboxylic acid groups (broad SMARTS) is 1. The quantitative estimate of drug-likeness (QED) is 0.907. The average molecular weight is 259 g/mol. The van der Waals surface area contributed by atoms with Crippen molar-refractivity contribution in [2.45, 2.75) is 25.8 Å².